The molecule has 24 heavy (non-hydrogen) atoms. The number of carbonyl (C=O) groups excluding carboxylic acids is 1. The Balaban J connectivity index is 2.01. The monoisotopic (exact) mass is 327 g/mol. The van der Waals surface area contributed by atoms with Crippen LogP contribution in [0.25, 0.3) is 0 Å². The fourth-order valence-electron chi connectivity index (χ4n) is 2.25. The molecule has 2 N–H and O–H groups in total. The van der Waals surface area contributed by atoms with E-state index in [9.17, 15) is 4.79 Å². The molecule has 1 aromatic carbocycles. The summed E-state index contributed by atoms with van der Waals surface area (Å²) >= 11 is 0. The van der Waals surface area contributed by atoms with Crippen LogP contribution in [-0.4, -0.2) is 48.0 Å². The van der Waals surface area contributed by atoms with Crippen molar-refractivity contribution in [3.8, 4) is 0 Å². The first-order valence-electron chi connectivity index (χ1n) is 8.02. The summed E-state index contributed by atoms with van der Waals surface area (Å²) in [5.74, 6) is 0.287. The van der Waals surface area contributed by atoms with E-state index in [0.717, 1.165) is 17.8 Å². The van der Waals surface area contributed by atoms with Gasteiger partial charge in [-0.15, -0.1) is 0 Å². The Bertz CT molecular complexity index is 700. The highest BCUT2D eigenvalue weighted by molar-refractivity contribution is 5.92. The standard InChI is InChI=1S/C18H25N5O/c1-13-6-5-7-15(10-13)12-20-18-21-14(2)11-16(22-18)17(24)19-8-9-23(3)4/h5-7,10-11H,8-9,12H2,1-4H3,(H,19,24)(H,20,21,22). The number of rotatable bonds is 7. The van der Waals surface area contributed by atoms with E-state index in [0.29, 0.717) is 24.7 Å². The Morgan fingerprint density at radius 3 is 2.67 bits per heavy atom. The summed E-state index contributed by atoms with van der Waals surface area (Å²) in [6, 6.07) is 9.93. The third-order valence-corrected chi connectivity index (χ3v) is 3.46. The SMILES string of the molecule is Cc1cccc(CNc2nc(C)cc(C(=O)NCCN(C)C)n2)c1. The molecule has 1 heterocycles. The number of nitrogens with zero attached hydrogens (tertiary/aromatic N) is 3. The first kappa shape index (κ1) is 17.9. The predicted octanol–water partition coefficient (Wildman–Crippen LogP) is 2.00. The Hall–Kier alpha value is -2.47. The van der Waals surface area contributed by atoms with Crippen LogP contribution in [0.4, 0.5) is 5.95 Å². The molecule has 6 heteroatoms. The summed E-state index contributed by atoms with van der Waals surface area (Å²) in [6.45, 7) is 5.90. The van der Waals surface area contributed by atoms with Crippen molar-refractivity contribution in [1.29, 1.82) is 0 Å². The molecule has 0 saturated carbocycles. The van der Waals surface area contributed by atoms with Gasteiger partial charge >= 0.3 is 0 Å². The van der Waals surface area contributed by atoms with E-state index in [1.54, 1.807) is 6.07 Å². The second-order valence-corrected chi connectivity index (χ2v) is 6.12. The highest BCUT2D eigenvalue weighted by Crippen LogP contribution is 2.09. The van der Waals surface area contributed by atoms with Gasteiger partial charge in [0.05, 0.1) is 0 Å². The zero-order chi connectivity index (χ0) is 17.5. The lowest BCUT2D eigenvalue weighted by atomic mass is 10.1. The third kappa shape index (κ3) is 5.62. The lowest BCUT2D eigenvalue weighted by Gasteiger charge is -2.11. The lowest BCUT2D eigenvalue weighted by Crippen LogP contribution is -2.32. The molecule has 0 spiro atoms. The lowest BCUT2D eigenvalue weighted by molar-refractivity contribution is 0.0946. The van der Waals surface area contributed by atoms with Crippen LogP contribution in [0.5, 0.6) is 0 Å². The van der Waals surface area contributed by atoms with Crippen molar-refractivity contribution in [2.24, 2.45) is 0 Å². The second kappa shape index (κ2) is 8.40. The summed E-state index contributed by atoms with van der Waals surface area (Å²) in [7, 11) is 3.93. The van der Waals surface area contributed by atoms with Crippen molar-refractivity contribution in [3.05, 3.63) is 52.8 Å². The number of nitrogens with one attached hydrogen (secondary N) is 2. The van der Waals surface area contributed by atoms with Crippen LogP contribution in [0, 0.1) is 13.8 Å². The van der Waals surface area contributed by atoms with Crippen LogP contribution in [0.15, 0.2) is 30.3 Å². The van der Waals surface area contributed by atoms with Gasteiger partial charge in [-0.05, 0) is 39.6 Å². The number of likely N-dealkylation sites (N-methyl/N-ethyl adjacent to an activating group) is 1. The highest BCUT2D eigenvalue weighted by Gasteiger charge is 2.10. The minimum absolute atomic E-state index is 0.180. The molecule has 6 nitrogen and oxygen atoms in total. The second-order valence-electron chi connectivity index (χ2n) is 6.12. The van der Waals surface area contributed by atoms with Crippen molar-refractivity contribution < 1.29 is 4.79 Å². The Morgan fingerprint density at radius 2 is 1.96 bits per heavy atom. The first-order valence-corrected chi connectivity index (χ1v) is 8.02. The van der Waals surface area contributed by atoms with E-state index >= 15 is 0 Å². The molecule has 0 aliphatic carbocycles. The van der Waals surface area contributed by atoms with E-state index < -0.39 is 0 Å². The van der Waals surface area contributed by atoms with Gasteiger partial charge < -0.3 is 15.5 Å². The molecule has 0 atom stereocenters. The van der Waals surface area contributed by atoms with Crippen LogP contribution >= 0.6 is 0 Å². The van der Waals surface area contributed by atoms with Gasteiger partial charge in [0.25, 0.3) is 5.91 Å². The number of hydrogen-bond acceptors (Lipinski definition) is 5. The summed E-state index contributed by atoms with van der Waals surface area (Å²) in [5.41, 5.74) is 3.50. The van der Waals surface area contributed by atoms with Gasteiger partial charge in [0.2, 0.25) is 5.95 Å². The molecule has 2 aromatic rings. The topological polar surface area (TPSA) is 70.2 Å². The molecule has 0 fully saturated rings. The number of aromatic nitrogens is 2. The molecule has 0 radical (unpaired) electrons. The largest absolute Gasteiger partial charge is 0.350 e. The molecule has 2 rings (SSSR count). The number of amides is 1. The fraction of sp³-hybridized carbons (Fsp3) is 0.389. The van der Waals surface area contributed by atoms with Crippen LogP contribution in [-0.2, 0) is 6.54 Å². The third-order valence-electron chi connectivity index (χ3n) is 3.46. The quantitative estimate of drug-likeness (QED) is 0.814. The van der Waals surface area contributed by atoms with Crippen LogP contribution in [0.3, 0.4) is 0 Å². The maximum absolute atomic E-state index is 12.2. The molecular formula is C18H25N5O. The van der Waals surface area contributed by atoms with Gasteiger partial charge in [0.15, 0.2) is 0 Å². The van der Waals surface area contributed by atoms with E-state index in [1.807, 2.05) is 38.1 Å². The molecule has 128 valence electrons. The van der Waals surface area contributed by atoms with Crippen LogP contribution in [0.1, 0.15) is 27.3 Å². The Kier molecular flexibility index (Phi) is 6.26. The van der Waals surface area contributed by atoms with Gasteiger partial charge in [-0.3, -0.25) is 4.79 Å². The summed E-state index contributed by atoms with van der Waals surface area (Å²) in [4.78, 5) is 22.9. The van der Waals surface area contributed by atoms with E-state index in [4.69, 9.17) is 0 Å². The number of anilines is 1. The number of benzene rings is 1. The van der Waals surface area contributed by atoms with Gasteiger partial charge in [-0.1, -0.05) is 29.8 Å². The zero-order valence-electron chi connectivity index (χ0n) is 14.8. The van der Waals surface area contributed by atoms with Crippen LogP contribution < -0.4 is 10.6 Å². The average molecular weight is 327 g/mol. The van der Waals surface area contributed by atoms with Gasteiger partial charge in [-0.2, -0.15) is 0 Å². The molecule has 0 aliphatic rings. The zero-order valence-corrected chi connectivity index (χ0v) is 14.8. The first-order chi connectivity index (χ1) is 11.4. The summed E-state index contributed by atoms with van der Waals surface area (Å²) in [5, 5.41) is 6.06. The maximum Gasteiger partial charge on any atom is 0.270 e. The smallest absolute Gasteiger partial charge is 0.270 e. The van der Waals surface area contributed by atoms with Gasteiger partial charge in [-0.25, -0.2) is 9.97 Å². The highest BCUT2D eigenvalue weighted by atomic mass is 16.1. The van der Waals surface area contributed by atoms with Crippen molar-refractivity contribution in [2.45, 2.75) is 20.4 Å². The maximum atomic E-state index is 12.2. The molecule has 0 bridgehead atoms. The van der Waals surface area contributed by atoms with E-state index in [2.05, 4.69) is 39.7 Å². The van der Waals surface area contributed by atoms with Crippen molar-refractivity contribution in [3.63, 3.8) is 0 Å². The molecular weight excluding hydrogens is 302 g/mol. The molecule has 0 saturated heterocycles. The number of carbonyl (C=O) groups is 1. The van der Waals surface area contributed by atoms with Crippen LogP contribution in [0.2, 0.25) is 0 Å². The van der Waals surface area contributed by atoms with Crippen molar-refractivity contribution in [1.82, 2.24) is 20.2 Å². The summed E-state index contributed by atoms with van der Waals surface area (Å²) in [6.07, 6.45) is 0. The normalized spacial score (nSPS) is 10.7. The Morgan fingerprint density at radius 1 is 1.17 bits per heavy atom. The minimum Gasteiger partial charge on any atom is -0.350 e. The summed E-state index contributed by atoms with van der Waals surface area (Å²) < 4.78 is 0. The number of hydrogen-bond donors (Lipinski definition) is 2. The minimum atomic E-state index is -0.180. The van der Waals surface area contributed by atoms with Gasteiger partial charge in [0.1, 0.15) is 5.69 Å². The van der Waals surface area contributed by atoms with Gasteiger partial charge in [0, 0.05) is 25.3 Å². The molecule has 0 aliphatic heterocycles. The average Bonchev–Trinajstić information content (AvgIpc) is 2.52. The predicted molar refractivity (Wildman–Crippen MR) is 96.2 cm³/mol. The molecule has 1 aromatic heterocycles. The fourth-order valence-corrected chi connectivity index (χ4v) is 2.25. The van der Waals surface area contributed by atoms with E-state index in [1.165, 1.54) is 5.56 Å². The van der Waals surface area contributed by atoms with Crippen molar-refractivity contribution >= 4 is 11.9 Å². The molecule has 1 amide bonds. The Labute approximate surface area is 143 Å². The van der Waals surface area contributed by atoms with Crippen molar-refractivity contribution in [2.75, 3.05) is 32.5 Å². The number of aryl methyl sites for hydroxylation is 2. The van der Waals surface area contributed by atoms with E-state index in [-0.39, 0.29) is 5.91 Å². The molecule has 0 unspecified atom stereocenters.